The van der Waals surface area contributed by atoms with E-state index in [4.69, 9.17) is 0 Å². The van der Waals surface area contributed by atoms with Crippen LogP contribution < -0.4 is 0 Å². The SMILES string of the molecule is CCI.[BaH2]. The van der Waals surface area contributed by atoms with Gasteiger partial charge >= 0.3 is 48.9 Å². The molecule has 0 aliphatic carbocycles. The third-order valence-electron chi connectivity index (χ3n) is 0. The molecule has 0 fully saturated rings. The molecular formula is C2H7BaI. The van der Waals surface area contributed by atoms with Crippen LogP contribution in [0.2, 0.25) is 0 Å². The Morgan fingerprint density at radius 2 is 1.75 bits per heavy atom. The summed E-state index contributed by atoms with van der Waals surface area (Å²) in [5, 5.41) is 0. The van der Waals surface area contributed by atoms with E-state index in [2.05, 4.69) is 29.5 Å². The maximum atomic E-state index is 2.29. The Hall–Kier alpha value is 2.30. The molecule has 0 N–H and O–H groups in total. The van der Waals surface area contributed by atoms with Gasteiger partial charge in [0.1, 0.15) is 0 Å². The summed E-state index contributed by atoms with van der Waals surface area (Å²) in [6.07, 6.45) is 0. The summed E-state index contributed by atoms with van der Waals surface area (Å²) in [4.78, 5) is 0. The van der Waals surface area contributed by atoms with E-state index in [0.29, 0.717) is 0 Å². The molecule has 0 nitrogen and oxygen atoms in total. The van der Waals surface area contributed by atoms with Crippen LogP contribution in [0, 0.1) is 0 Å². The van der Waals surface area contributed by atoms with Crippen LogP contribution in [0.4, 0.5) is 0 Å². The van der Waals surface area contributed by atoms with E-state index < -0.39 is 0 Å². The van der Waals surface area contributed by atoms with Crippen molar-refractivity contribution in [3.05, 3.63) is 0 Å². The van der Waals surface area contributed by atoms with Crippen molar-refractivity contribution in [2.24, 2.45) is 0 Å². The van der Waals surface area contributed by atoms with Gasteiger partial charge in [-0.2, -0.15) is 0 Å². The van der Waals surface area contributed by atoms with Crippen LogP contribution in [0.1, 0.15) is 6.92 Å². The molecule has 0 saturated carbocycles. The molecule has 0 aromatic rings. The minimum absolute atomic E-state index is 0. The Morgan fingerprint density at radius 3 is 1.75 bits per heavy atom. The first-order chi connectivity index (χ1) is 1.41. The fraction of sp³-hybridized carbons (Fsp3) is 1.00. The number of halogens is 1. The van der Waals surface area contributed by atoms with Crippen molar-refractivity contribution < 1.29 is 0 Å². The monoisotopic (exact) mass is 296 g/mol. The van der Waals surface area contributed by atoms with Gasteiger partial charge in [-0.25, -0.2) is 0 Å². The molecule has 24 valence electrons. The molecule has 0 heterocycles. The predicted octanol–water partition coefficient (Wildman–Crippen LogP) is 0.525. The van der Waals surface area contributed by atoms with Gasteiger partial charge in [-0.15, -0.1) is 0 Å². The number of hydrogen-bond acceptors (Lipinski definition) is 0. The van der Waals surface area contributed by atoms with Crippen LogP contribution in [0.15, 0.2) is 0 Å². The van der Waals surface area contributed by atoms with Gasteiger partial charge in [-0.1, -0.05) is 29.5 Å². The van der Waals surface area contributed by atoms with Crippen LogP contribution in [0.5, 0.6) is 0 Å². The second-order valence-electron chi connectivity index (χ2n) is 0.267. The van der Waals surface area contributed by atoms with Gasteiger partial charge in [0.25, 0.3) is 0 Å². The second kappa shape index (κ2) is 9.00. The Kier molecular flexibility index (Phi) is 21.5. The summed E-state index contributed by atoms with van der Waals surface area (Å²) in [6, 6.07) is 0. The predicted molar refractivity (Wildman–Crippen MR) is 33.1 cm³/mol. The topological polar surface area (TPSA) is 0 Å². The molecule has 0 rings (SSSR count). The van der Waals surface area contributed by atoms with Crippen LogP contribution >= 0.6 is 22.6 Å². The van der Waals surface area contributed by atoms with E-state index in [0.717, 1.165) is 0 Å². The Morgan fingerprint density at radius 1 is 1.75 bits per heavy atom. The summed E-state index contributed by atoms with van der Waals surface area (Å²) in [7, 11) is 0. The number of alkyl halides is 1. The number of rotatable bonds is 0. The summed E-state index contributed by atoms with van der Waals surface area (Å²) < 4.78 is 1.22. The third-order valence-corrected chi connectivity index (χ3v) is 0. The molecule has 0 unspecified atom stereocenters. The molecular weight excluding hydrogens is 288 g/mol. The van der Waals surface area contributed by atoms with E-state index in [-0.39, 0.29) is 48.9 Å². The summed E-state index contributed by atoms with van der Waals surface area (Å²) in [5.74, 6) is 0. The zero-order valence-electron chi connectivity index (χ0n) is 2.09. The molecule has 0 aromatic heterocycles. The van der Waals surface area contributed by atoms with Gasteiger partial charge < -0.3 is 0 Å². The van der Waals surface area contributed by atoms with Crippen molar-refractivity contribution in [3.8, 4) is 0 Å². The van der Waals surface area contributed by atoms with Gasteiger partial charge in [0.15, 0.2) is 0 Å². The van der Waals surface area contributed by atoms with Gasteiger partial charge in [-0.05, 0) is 4.43 Å². The number of hydrogen-bond donors (Lipinski definition) is 0. The van der Waals surface area contributed by atoms with Crippen molar-refractivity contribution in [2.45, 2.75) is 6.92 Å². The molecule has 0 radical (unpaired) electrons. The van der Waals surface area contributed by atoms with Gasteiger partial charge in [0, 0.05) is 0 Å². The first-order valence-electron chi connectivity index (χ1n) is 0.974. The molecule has 0 aliphatic heterocycles. The zero-order valence-corrected chi connectivity index (χ0v) is 4.24. The standard InChI is InChI=1S/C2H5I.Ba.2H/c1-2-3;;;/h2H2,1H3;;;. The van der Waals surface area contributed by atoms with Crippen LogP contribution in [0.25, 0.3) is 0 Å². The first-order valence-corrected chi connectivity index (χ1v) is 2.50. The Bertz CT molecular complexity index is 6.00. The molecule has 0 saturated heterocycles. The van der Waals surface area contributed by atoms with Crippen molar-refractivity contribution in [1.29, 1.82) is 0 Å². The zero-order chi connectivity index (χ0) is 2.71. The van der Waals surface area contributed by atoms with E-state index in [1.165, 1.54) is 4.43 Å². The van der Waals surface area contributed by atoms with Crippen LogP contribution in [-0.2, 0) is 0 Å². The molecule has 4 heavy (non-hydrogen) atoms. The molecule has 0 aromatic carbocycles. The summed E-state index contributed by atoms with van der Waals surface area (Å²) in [5.41, 5.74) is 0. The van der Waals surface area contributed by atoms with E-state index in [1.54, 1.807) is 0 Å². The molecule has 0 aliphatic rings. The van der Waals surface area contributed by atoms with Crippen molar-refractivity contribution in [3.63, 3.8) is 0 Å². The molecule has 0 atom stereocenters. The van der Waals surface area contributed by atoms with Crippen molar-refractivity contribution >= 4 is 71.5 Å². The van der Waals surface area contributed by atoms with Gasteiger partial charge in [0.2, 0.25) is 0 Å². The fourth-order valence-electron chi connectivity index (χ4n) is 0. The van der Waals surface area contributed by atoms with Crippen molar-refractivity contribution in [1.82, 2.24) is 0 Å². The Balaban J connectivity index is 0. The Labute approximate surface area is 80.9 Å². The van der Waals surface area contributed by atoms with Gasteiger partial charge in [0.05, 0.1) is 0 Å². The summed E-state index contributed by atoms with van der Waals surface area (Å²) >= 11 is 2.29. The molecule has 0 spiro atoms. The average Bonchev–Trinajstić information content (AvgIpc) is 0.918. The van der Waals surface area contributed by atoms with Gasteiger partial charge in [-0.3, -0.25) is 0 Å². The first kappa shape index (κ1) is 9.57. The fourth-order valence-corrected chi connectivity index (χ4v) is 0. The molecule has 0 bridgehead atoms. The maximum absolute atomic E-state index is 2.29. The van der Waals surface area contributed by atoms with Crippen LogP contribution in [-0.4, -0.2) is 53.3 Å². The quantitative estimate of drug-likeness (QED) is 0.347. The summed E-state index contributed by atoms with van der Waals surface area (Å²) in [6.45, 7) is 2.11. The normalized spacial score (nSPS) is 4.50. The third kappa shape index (κ3) is 8.85. The molecule has 2 heteroatoms. The van der Waals surface area contributed by atoms with E-state index in [9.17, 15) is 0 Å². The van der Waals surface area contributed by atoms with E-state index in [1.807, 2.05) is 0 Å². The minimum atomic E-state index is 0. The van der Waals surface area contributed by atoms with Crippen molar-refractivity contribution in [2.75, 3.05) is 4.43 Å². The molecule has 0 amide bonds. The van der Waals surface area contributed by atoms with Crippen LogP contribution in [0.3, 0.4) is 0 Å². The average molecular weight is 295 g/mol. The van der Waals surface area contributed by atoms with E-state index >= 15 is 0 Å². The second-order valence-corrected chi connectivity index (χ2v) is 1.79.